The molecule has 1 aliphatic rings. The second kappa shape index (κ2) is 8.35. The molecule has 7 nitrogen and oxygen atoms in total. The molecule has 2 N–H and O–H groups in total. The third kappa shape index (κ3) is 5.08. The first-order valence-electron chi connectivity index (χ1n) is 8.85. The third-order valence-electron chi connectivity index (χ3n) is 4.33. The molecule has 0 saturated carbocycles. The van der Waals surface area contributed by atoms with Crippen LogP contribution in [-0.2, 0) is 22.9 Å². The van der Waals surface area contributed by atoms with Gasteiger partial charge < -0.3 is 10.6 Å². The molecule has 1 saturated heterocycles. The molecular weight excluding hydrogens is 350 g/mol. The van der Waals surface area contributed by atoms with E-state index in [1.54, 1.807) is 6.20 Å². The molecule has 140 valence electrons. The smallest absolute Gasteiger partial charge is 0.191 e. The van der Waals surface area contributed by atoms with E-state index in [1.165, 1.54) is 5.56 Å². The minimum Gasteiger partial charge on any atom is -0.357 e. The molecule has 1 aliphatic heterocycles. The van der Waals surface area contributed by atoms with Gasteiger partial charge in [-0.05, 0) is 30.5 Å². The highest BCUT2D eigenvalue weighted by Gasteiger charge is 2.28. The second-order valence-electron chi connectivity index (χ2n) is 6.41. The van der Waals surface area contributed by atoms with Crippen molar-refractivity contribution in [3.05, 3.63) is 53.9 Å². The average Bonchev–Trinajstić information content (AvgIpc) is 3.23. The van der Waals surface area contributed by atoms with E-state index in [-0.39, 0.29) is 17.5 Å². The average molecular weight is 375 g/mol. The Balaban J connectivity index is 1.69. The van der Waals surface area contributed by atoms with Crippen LogP contribution < -0.4 is 10.6 Å². The lowest BCUT2D eigenvalue weighted by Crippen LogP contribution is -2.44. The summed E-state index contributed by atoms with van der Waals surface area (Å²) in [5.41, 5.74) is 2.29. The molecule has 1 fully saturated rings. The topological polar surface area (TPSA) is 88.4 Å². The highest BCUT2D eigenvalue weighted by molar-refractivity contribution is 7.91. The van der Waals surface area contributed by atoms with Gasteiger partial charge >= 0.3 is 0 Å². The van der Waals surface area contributed by atoms with E-state index >= 15 is 0 Å². The number of hydrogen-bond acceptors (Lipinski definition) is 4. The minimum atomic E-state index is -2.91. The molecule has 0 aliphatic carbocycles. The number of aromatic nitrogens is 2. The summed E-state index contributed by atoms with van der Waals surface area (Å²) in [6.45, 7) is 3.93. The summed E-state index contributed by atoms with van der Waals surface area (Å²) in [5, 5.41) is 10.7. The molecule has 1 unspecified atom stereocenters. The van der Waals surface area contributed by atoms with Crippen molar-refractivity contribution < 1.29 is 8.42 Å². The zero-order valence-corrected chi connectivity index (χ0v) is 15.7. The SMILES string of the molecule is CCNC(=NCc1ccccc1Cn1cccn1)NC1CCS(=O)(=O)C1. The van der Waals surface area contributed by atoms with Gasteiger partial charge in [-0.1, -0.05) is 24.3 Å². The molecule has 0 amide bonds. The molecule has 8 heteroatoms. The van der Waals surface area contributed by atoms with Crippen molar-refractivity contribution in [1.82, 2.24) is 20.4 Å². The van der Waals surface area contributed by atoms with Gasteiger partial charge in [0.15, 0.2) is 15.8 Å². The number of benzene rings is 1. The maximum absolute atomic E-state index is 11.6. The predicted molar refractivity (Wildman–Crippen MR) is 103 cm³/mol. The van der Waals surface area contributed by atoms with Crippen molar-refractivity contribution in [3.63, 3.8) is 0 Å². The van der Waals surface area contributed by atoms with Crippen LogP contribution >= 0.6 is 0 Å². The lowest BCUT2D eigenvalue weighted by atomic mass is 10.1. The summed E-state index contributed by atoms with van der Waals surface area (Å²) in [5.74, 6) is 1.08. The number of hydrogen-bond donors (Lipinski definition) is 2. The summed E-state index contributed by atoms with van der Waals surface area (Å²) < 4.78 is 25.2. The van der Waals surface area contributed by atoms with E-state index in [4.69, 9.17) is 0 Å². The molecule has 2 heterocycles. The van der Waals surface area contributed by atoms with Crippen molar-refractivity contribution in [2.24, 2.45) is 4.99 Å². The fraction of sp³-hybridized carbons (Fsp3) is 0.444. The number of aliphatic imine (C=N–C) groups is 1. The van der Waals surface area contributed by atoms with Gasteiger partial charge in [0.1, 0.15) is 0 Å². The summed E-state index contributed by atoms with van der Waals surface area (Å²) >= 11 is 0. The van der Waals surface area contributed by atoms with Crippen molar-refractivity contribution in [2.45, 2.75) is 32.5 Å². The highest BCUT2D eigenvalue weighted by Crippen LogP contribution is 2.13. The van der Waals surface area contributed by atoms with Crippen molar-refractivity contribution in [2.75, 3.05) is 18.1 Å². The monoisotopic (exact) mass is 375 g/mol. The highest BCUT2D eigenvalue weighted by atomic mass is 32.2. The summed E-state index contributed by atoms with van der Waals surface area (Å²) in [6.07, 6.45) is 4.33. The van der Waals surface area contributed by atoms with Gasteiger partial charge in [0.05, 0.1) is 24.6 Å². The number of sulfone groups is 1. The standard InChI is InChI=1S/C18H25N5O2S/c1-2-19-18(22-17-8-11-26(24,25)14-17)20-12-15-6-3-4-7-16(15)13-23-10-5-9-21-23/h3-7,9-10,17H,2,8,11-14H2,1H3,(H2,19,20,22). The van der Waals surface area contributed by atoms with E-state index in [9.17, 15) is 8.42 Å². The molecule has 3 rings (SSSR count). The Labute approximate surface area is 154 Å². The number of nitrogens with one attached hydrogen (secondary N) is 2. The van der Waals surface area contributed by atoms with Crippen LogP contribution in [0.1, 0.15) is 24.5 Å². The Bertz CT molecular complexity index is 846. The molecule has 26 heavy (non-hydrogen) atoms. The molecule has 2 aromatic rings. The largest absolute Gasteiger partial charge is 0.357 e. The Hall–Kier alpha value is -2.35. The molecule has 0 bridgehead atoms. The van der Waals surface area contributed by atoms with Crippen LogP contribution in [0.3, 0.4) is 0 Å². The van der Waals surface area contributed by atoms with Crippen LogP contribution in [0.25, 0.3) is 0 Å². The zero-order chi connectivity index (χ0) is 18.4. The third-order valence-corrected chi connectivity index (χ3v) is 6.10. The quantitative estimate of drug-likeness (QED) is 0.585. The van der Waals surface area contributed by atoms with Crippen LogP contribution in [-0.4, -0.2) is 48.3 Å². The number of rotatable bonds is 6. The van der Waals surface area contributed by atoms with Crippen LogP contribution in [0.15, 0.2) is 47.7 Å². The fourth-order valence-corrected chi connectivity index (χ4v) is 4.69. The van der Waals surface area contributed by atoms with E-state index in [2.05, 4.69) is 32.9 Å². The summed E-state index contributed by atoms with van der Waals surface area (Å²) in [7, 11) is -2.91. The van der Waals surface area contributed by atoms with Gasteiger partial charge in [-0.3, -0.25) is 4.68 Å². The molecular formula is C18H25N5O2S. The lowest BCUT2D eigenvalue weighted by molar-refractivity contribution is 0.599. The zero-order valence-electron chi connectivity index (χ0n) is 14.9. The Kier molecular flexibility index (Phi) is 5.92. The first-order chi connectivity index (χ1) is 12.6. The van der Waals surface area contributed by atoms with E-state index in [0.29, 0.717) is 25.5 Å². The second-order valence-corrected chi connectivity index (χ2v) is 8.64. The molecule has 1 aromatic heterocycles. The molecule has 1 atom stereocenters. The van der Waals surface area contributed by atoms with Crippen molar-refractivity contribution >= 4 is 15.8 Å². The van der Waals surface area contributed by atoms with Gasteiger partial charge in [-0.2, -0.15) is 5.10 Å². The van der Waals surface area contributed by atoms with E-state index < -0.39 is 9.84 Å². The van der Waals surface area contributed by atoms with E-state index in [0.717, 1.165) is 12.1 Å². The maximum atomic E-state index is 11.6. The lowest BCUT2D eigenvalue weighted by Gasteiger charge is -2.16. The van der Waals surface area contributed by atoms with Crippen LogP contribution in [0, 0.1) is 0 Å². The number of guanidine groups is 1. The number of nitrogens with zero attached hydrogens (tertiary/aromatic N) is 3. The molecule has 0 spiro atoms. The first-order valence-corrected chi connectivity index (χ1v) is 10.7. The normalized spacial score (nSPS) is 19.4. The summed E-state index contributed by atoms with van der Waals surface area (Å²) in [4.78, 5) is 4.65. The summed E-state index contributed by atoms with van der Waals surface area (Å²) in [6, 6.07) is 9.99. The molecule has 1 aromatic carbocycles. The first kappa shape index (κ1) is 18.4. The minimum absolute atomic E-state index is 0.0721. The maximum Gasteiger partial charge on any atom is 0.191 e. The Morgan fingerprint density at radius 1 is 1.31 bits per heavy atom. The van der Waals surface area contributed by atoms with Gasteiger partial charge in [0.25, 0.3) is 0 Å². The molecule has 0 radical (unpaired) electrons. The predicted octanol–water partition coefficient (Wildman–Crippen LogP) is 1.17. The Morgan fingerprint density at radius 3 is 2.77 bits per heavy atom. The van der Waals surface area contributed by atoms with E-state index in [1.807, 2.05) is 36.0 Å². The van der Waals surface area contributed by atoms with Crippen LogP contribution in [0.5, 0.6) is 0 Å². The van der Waals surface area contributed by atoms with Crippen molar-refractivity contribution in [3.8, 4) is 0 Å². The van der Waals surface area contributed by atoms with Gasteiger partial charge in [0, 0.05) is 25.0 Å². The Morgan fingerprint density at radius 2 is 2.12 bits per heavy atom. The van der Waals surface area contributed by atoms with Crippen LogP contribution in [0.2, 0.25) is 0 Å². The van der Waals surface area contributed by atoms with Gasteiger partial charge in [0.2, 0.25) is 0 Å². The van der Waals surface area contributed by atoms with Crippen molar-refractivity contribution in [1.29, 1.82) is 0 Å². The van der Waals surface area contributed by atoms with Gasteiger partial charge in [-0.15, -0.1) is 0 Å². The van der Waals surface area contributed by atoms with Crippen LogP contribution in [0.4, 0.5) is 0 Å². The van der Waals surface area contributed by atoms with Gasteiger partial charge in [-0.25, -0.2) is 13.4 Å². The fourth-order valence-electron chi connectivity index (χ4n) is 3.02.